The van der Waals surface area contributed by atoms with Crippen LogP contribution in [0.25, 0.3) is 17.4 Å². The molecular formula is C20H17F3N2O3S. The predicted octanol–water partition coefficient (Wildman–Crippen LogP) is 4.34. The molecule has 0 atom stereocenters. The maximum absolute atomic E-state index is 12.9. The Morgan fingerprint density at radius 3 is 2.21 bits per heavy atom. The van der Waals surface area contributed by atoms with E-state index in [2.05, 4.69) is 0 Å². The molecule has 1 aromatic heterocycles. The number of hydrogen-bond acceptors (Lipinski definition) is 4. The number of halogens is 3. The van der Waals surface area contributed by atoms with E-state index < -0.39 is 23.6 Å². The van der Waals surface area contributed by atoms with E-state index in [0.717, 1.165) is 12.1 Å². The van der Waals surface area contributed by atoms with Crippen molar-refractivity contribution >= 4 is 35.2 Å². The molecule has 2 aromatic rings. The second kappa shape index (κ2) is 7.82. The van der Waals surface area contributed by atoms with Crippen LogP contribution in [0, 0.1) is 0 Å². The molecule has 2 amide bonds. The van der Waals surface area contributed by atoms with Crippen molar-refractivity contribution in [1.82, 2.24) is 9.80 Å². The molecule has 1 aliphatic heterocycles. The number of carbonyl (C=O) groups excluding carboxylic acids is 2. The van der Waals surface area contributed by atoms with Crippen LogP contribution in [0.1, 0.15) is 25.2 Å². The Hall–Kier alpha value is -2.94. The minimum absolute atomic E-state index is 0.118. The highest BCUT2D eigenvalue weighted by Gasteiger charge is 2.38. The first-order valence-electron chi connectivity index (χ1n) is 8.84. The highest BCUT2D eigenvalue weighted by Crippen LogP contribution is 2.33. The Balaban J connectivity index is 1.96. The lowest BCUT2D eigenvalue weighted by Crippen LogP contribution is -2.55. The summed E-state index contributed by atoms with van der Waals surface area (Å²) in [5.74, 6) is -0.712. The SMILES string of the molecule is CCN1C(=O)C(=Cc2ccc(-c3cccc(C(F)(F)F)c3)o2)C(=O)N(CC)C1=S. The van der Waals surface area contributed by atoms with Crippen LogP contribution in [0.5, 0.6) is 0 Å². The first kappa shape index (κ1) is 20.8. The van der Waals surface area contributed by atoms with Gasteiger partial charge in [0.2, 0.25) is 0 Å². The van der Waals surface area contributed by atoms with Gasteiger partial charge in [0.15, 0.2) is 5.11 Å². The molecule has 1 aliphatic rings. The molecule has 0 unspecified atom stereocenters. The molecule has 1 fully saturated rings. The Bertz CT molecular complexity index is 982. The van der Waals surface area contributed by atoms with E-state index in [4.69, 9.17) is 16.6 Å². The standard InChI is InChI=1S/C20H17F3N2O3S/c1-3-24-17(26)15(18(27)25(4-2)19(24)29)11-14-8-9-16(28-14)12-6-5-7-13(10-12)20(21,22)23/h5-11H,3-4H2,1-2H3. The summed E-state index contributed by atoms with van der Waals surface area (Å²) in [6, 6.07) is 7.69. The normalized spacial score (nSPS) is 15.3. The van der Waals surface area contributed by atoms with Gasteiger partial charge in [0.05, 0.1) is 5.56 Å². The third kappa shape index (κ3) is 3.95. The van der Waals surface area contributed by atoms with Gasteiger partial charge in [0.1, 0.15) is 17.1 Å². The zero-order valence-corrected chi connectivity index (χ0v) is 16.4. The number of benzene rings is 1. The average molecular weight is 422 g/mol. The van der Waals surface area contributed by atoms with Gasteiger partial charge in [-0.15, -0.1) is 0 Å². The van der Waals surface area contributed by atoms with Gasteiger partial charge in [0.25, 0.3) is 11.8 Å². The molecule has 0 N–H and O–H groups in total. The van der Waals surface area contributed by atoms with Crippen molar-refractivity contribution in [3.63, 3.8) is 0 Å². The van der Waals surface area contributed by atoms with E-state index in [9.17, 15) is 22.8 Å². The van der Waals surface area contributed by atoms with E-state index in [1.807, 2.05) is 0 Å². The minimum atomic E-state index is -4.47. The van der Waals surface area contributed by atoms with Crippen LogP contribution in [0.2, 0.25) is 0 Å². The Morgan fingerprint density at radius 1 is 1.03 bits per heavy atom. The molecule has 0 radical (unpaired) electrons. The van der Waals surface area contributed by atoms with Gasteiger partial charge < -0.3 is 4.42 Å². The summed E-state index contributed by atoms with van der Waals surface area (Å²) in [5.41, 5.74) is -0.681. The number of furan rings is 1. The highest BCUT2D eigenvalue weighted by molar-refractivity contribution is 7.80. The summed E-state index contributed by atoms with van der Waals surface area (Å²) in [7, 11) is 0. The maximum Gasteiger partial charge on any atom is 0.416 e. The molecule has 0 bridgehead atoms. The topological polar surface area (TPSA) is 53.8 Å². The predicted molar refractivity (Wildman–Crippen MR) is 104 cm³/mol. The number of hydrogen-bond donors (Lipinski definition) is 0. The number of rotatable bonds is 4. The Kier molecular flexibility index (Phi) is 5.61. The van der Waals surface area contributed by atoms with Crippen molar-refractivity contribution in [1.29, 1.82) is 0 Å². The van der Waals surface area contributed by atoms with Crippen molar-refractivity contribution < 1.29 is 27.2 Å². The zero-order valence-electron chi connectivity index (χ0n) is 15.6. The first-order chi connectivity index (χ1) is 13.7. The van der Waals surface area contributed by atoms with Crippen molar-refractivity contribution in [3.05, 3.63) is 53.3 Å². The fourth-order valence-corrected chi connectivity index (χ4v) is 3.38. The van der Waals surface area contributed by atoms with E-state index in [0.29, 0.717) is 13.1 Å². The molecule has 1 saturated heterocycles. The Labute approximate surface area is 170 Å². The lowest BCUT2D eigenvalue weighted by molar-refractivity contribution is -0.137. The number of thiocarbonyl (C=S) groups is 1. The molecule has 0 spiro atoms. The lowest BCUT2D eigenvalue weighted by Gasteiger charge is -2.35. The molecule has 0 aliphatic carbocycles. The van der Waals surface area contributed by atoms with Gasteiger partial charge in [0, 0.05) is 18.7 Å². The second-order valence-corrected chi connectivity index (χ2v) is 6.59. The van der Waals surface area contributed by atoms with Crippen molar-refractivity contribution in [3.8, 4) is 11.3 Å². The fraction of sp³-hybridized carbons (Fsp3) is 0.250. The van der Waals surface area contributed by atoms with E-state index in [1.165, 1.54) is 40.1 Å². The van der Waals surface area contributed by atoms with Crippen LogP contribution in [0.3, 0.4) is 0 Å². The van der Waals surface area contributed by atoms with Gasteiger partial charge in [-0.1, -0.05) is 12.1 Å². The van der Waals surface area contributed by atoms with Gasteiger partial charge in [-0.05, 0) is 56.4 Å². The largest absolute Gasteiger partial charge is 0.457 e. The third-order valence-electron chi connectivity index (χ3n) is 4.43. The third-order valence-corrected chi connectivity index (χ3v) is 4.87. The maximum atomic E-state index is 12.9. The van der Waals surface area contributed by atoms with Gasteiger partial charge >= 0.3 is 6.18 Å². The number of carbonyl (C=O) groups is 2. The summed E-state index contributed by atoms with van der Waals surface area (Å²) in [6.07, 6.45) is -3.19. The molecular weight excluding hydrogens is 405 g/mol. The quantitative estimate of drug-likeness (QED) is 0.418. The number of amides is 2. The smallest absolute Gasteiger partial charge is 0.416 e. The Morgan fingerprint density at radius 2 is 1.66 bits per heavy atom. The van der Waals surface area contributed by atoms with E-state index in [1.54, 1.807) is 13.8 Å². The molecule has 5 nitrogen and oxygen atoms in total. The summed E-state index contributed by atoms with van der Waals surface area (Å²) < 4.78 is 44.3. The molecule has 2 heterocycles. The molecule has 0 saturated carbocycles. The minimum Gasteiger partial charge on any atom is -0.457 e. The number of likely N-dealkylation sites (N-methyl/N-ethyl adjacent to an activating group) is 2. The summed E-state index contributed by atoms with van der Waals surface area (Å²) >= 11 is 5.20. The van der Waals surface area contributed by atoms with Crippen molar-refractivity contribution in [2.24, 2.45) is 0 Å². The van der Waals surface area contributed by atoms with Gasteiger partial charge in [-0.2, -0.15) is 13.2 Å². The van der Waals surface area contributed by atoms with Crippen LogP contribution in [0.4, 0.5) is 13.2 Å². The van der Waals surface area contributed by atoms with Crippen LogP contribution < -0.4 is 0 Å². The average Bonchev–Trinajstić information content (AvgIpc) is 3.14. The van der Waals surface area contributed by atoms with Crippen molar-refractivity contribution in [2.75, 3.05) is 13.1 Å². The molecule has 1 aromatic carbocycles. The van der Waals surface area contributed by atoms with Crippen molar-refractivity contribution in [2.45, 2.75) is 20.0 Å². The first-order valence-corrected chi connectivity index (χ1v) is 9.25. The van der Waals surface area contributed by atoms with Crippen LogP contribution in [-0.2, 0) is 15.8 Å². The second-order valence-electron chi connectivity index (χ2n) is 6.22. The van der Waals surface area contributed by atoms with Crippen LogP contribution in [-0.4, -0.2) is 39.8 Å². The summed E-state index contributed by atoms with van der Waals surface area (Å²) in [6.45, 7) is 4.08. The van der Waals surface area contributed by atoms with Gasteiger partial charge in [-0.25, -0.2) is 0 Å². The van der Waals surface area contributed by atoms with Gasteiger partial charge in [-0.3, -0.25) is 19.4 Å². The van der Waals surface area contributed by atoms with Crippen LogP contribution >= 0.6 is 12.2 Å². The van der Waals surface area contributed by atoms with Crippen LogP contribution in [0.15, 0.2) is 46.4 Å². The number of nitrogens with zero attached hydrogens (tertiary/aromatic N) is 2. The molecule has 9 heteroatoms. The monoisotopic (exact) mass is 422 g/mol. The summed E-state index contributed by atoms with van der Waals surface area (Å²) in [4.78, 5) is 27.9. The fourth-order valence-electron chi connectivity index (χ4n) is 2.96. The zero-order chi connectivity index (χ0) is 21.3. The highest BCUT2D eigenvalue weighted by atomic mass is 32.1. The lowest BCUT2D eigenvalue weighted by atomic mass is 10.1. The van der Waals surface area contributed by atoms with E-state index in [-0.39, 0.29) is 27.8 Å². The van der Waals surface area contributed by atoms with E-state index >= 15 is 0 Å². The molecule has 29 heavy (non-hydrogen) atoms. The summed E-state index contributed by atoms with van der Waals surface area (Å²) in [5, 5.41) is 0.145. The molecule has 3 rings (SSSR count). The molecule has 152 valence electrons. The number of alkyl halides is 3.